The fraction of sp³-hybridized carbons (Fsp3) is 1.00. The summed E-state index contributed by atoms with van der Waals surface area (Å²) in [5.41, 5.74) is 0. The van der Waals surface area contributed by atoms with E-state index in [2.05, 4.69) is 26.1 Å². The van der Waals surface area contributed by atoms with Gasteiger partial charge in [0.15, 0.2) is 0 Å². The van der Waals surface area contributed by atoms with E-state index in [1.165, 1.54) is 64.3 Å². The average molecular weight is 239 g/mol. The van der Waals surface area contributed by atoms with Crippen molar-refractivity contribution >= 4 is 0 Å². The van der Waals surface area contributed by atoms with E-state index >= 15 is 0 Å². The Morgan fingerprint density at radius 1 is 1.06 bits per heavy atom. The molecule has 1 nitrogen and oxygen atoms in total. The van der Waals surface area contributed by atoms with Crippen LogP contribution in [0.2, 0.25) is 0 Å². The second-order valence-electron chi connectivity index (χ2n) is 6.22. The summed E-state index contributed by atoms with van der Waals surface area (Å²) in [4.78, 5) is 0. The lowest BCUT2D eigenvalue weighted by Gasteiger charge is -2.25. The van der Waals surface area contributed by atoms with Crippen molar-refractivity contribution in [2.24, 2.45) is 11.8 Å². The lowest BCUT2D eigenvalue weighted by Crippen LogP contribution is -2.32. The highest BCUT2D eigenvalue weighted by atomic mass is 14.9. The Labute approximate surface area is 109 Å². The molecule has 1 aliphatic rings. The van der Waals surface area contributed by atoms with Gasteiger partial charge >= 0.3 is 0 Å². The predicted octanol–water partition coefficient (Wildman–Crippen LogP) is 4.76. The second kappa shape index (κ2) is 8.97. The molecule has 1 N–H and O–H groups in total. The van der Waals surface area contributed by atoms with Gasteiger partial charge in [0.05, 0.1) is 0 Å². The van der Waals surface area contributed by atoms with E-state index in [-0.39, 0.29) is 0 Å². The van der Waals surface area contributed by atoms with Crippen LogP contribution in [0, 0.1) is 11.8 Å². The van der Waals surface area contributed by atoms with Gasteiger partial charge < -0.3 is 5.32 Å². The summed E-state index contributed by atoms with van der Waals surface area (Å²) in [6.07, 6.45) is 13.1. The molecular weight excluding hydrogens is 206 g/mol. The molecule has 17 heavy (non-hydrogen) atoms. The van der Waals surface area contributed by atoms with Gasteiger partial charge in [-0.3, -0.25) is 0 Å². The lowest BCUT2D eigenvalue weighted by atomic mass is 9.86. The van der Waals surface area contributed by atoms with Gasteiger partial charge in [0.1, 0.15) is 0 Å². The van der Waals surface area contributed by atoms with Gasteiger partial charge in [-0.1, -0.05) is 72.1 Å². The van der Waals surface area contributed by atoms with E-state index in [4.69, 9.17) is 0 Å². The van der Waals surface area contributed by atoms with Gasteiger partial charge in [-0.05, 0) is 24.8 Å². The first-order chi connectivity index (χ1) is 8.24. The first-order valence-corrected chi connectivity index (χ1v) is 7.97. The van der Waals surface area contributed by atoms with Crippen molar-refractivity contribution in [3.05, 3.63) is 0 Å². The molecule has 0 aromatic heterocycles. The third-order valence-electron chi connectivity index (χ3n) is 4.28. The summed E-state index contributed by atoms with van der Waals surface area (Å²) in [6, 6.07) is 0.648. The minimum absolute atomic E-state index is 0.648. The topological polar surface area (TPSA) is 12.0 Å². The van der Waals surface area contributed by atoms with Gasteiger partial charge in [-0.25, -0.2) is 0 Å². The largest absolute Gasteiger partial charge is 0.314 e. The normalized spacial score (nSPS) is 19.1. The monoisotopic (exact) mass is 239 g/mol. The van der Waals surface area contributed by atoms with E-state index in [9.17, 15) is 0 Å². The summed E-state index contributed by atoms with van der Waals surface area (Å²) in [7, 11) is 0. The van der Waals surface area contributed by atoms with Crippen LogP contribution in [0.25, 0.3) is 0 Å². The average Bonchev–Trinajstić information content (AvgIpc) is 2.81. The zero-order valence-electron chi connectivity index (χ0n) is 12.3. The first-order valence-electron chi connectivity index (χ1n) is 7.97. The van der Waals surface area contributed by atoms with Gasteiger partial charge in [0.2, 0.25) is 0 Å². The first kappa shape index (κ1) is 15.0. The highest BCUT2D eigenvalue weighted by Gasteiger charge is 2.24. The molecule has 0 aromatic rings. The molecule has 0 aliphatic heterocycles. The maximum absolute atomic E-state index is 3.66. The highest BCUT2D eigenvalue weighted by molar-refractivity contribution is 4.77. The van der Waals surface area contributed by atoms with Crippen LogP contribution in [0.1, 0.15) is 78.6 Å². The maximum Gasteiger partial charge on any atom is 0.00104 e. The van der Waals surface area contributed by atoms with Crippen molar-refractivity contribution < 1.29 is 0 Å². The van der Waals surface area contributed by atoms with Crippen LogP contribution in [0.15, 0.2) is 0 Å². The van der Waals surface area contributed by atoms with Crippen molar-refractivity contribution in [1.82, 2.24) is 5.32 Å². The Hall–Kier alpha value is -0.0400. The van der Waals surface area contributed by atoms with Crippen LogP contribution in [-0.2, 0) is 0 Å². The Morgan fingerprint density at radius 2 is 1.76 bits per heavy atom. The van der Waals surface area contributed by atoms with Gasteiger partial charge in [0.25, 0.3) is 0 Å². The number of hydrogen-bond donors (Lipinski definition) is 1. The molecule has 1 atom stereocenters. The smallest absolute Gasteiger partial charge is 0.00104 e. The molecule has 0 radical (unpaired) electrons. The molecular formula is C16H33N. The van der Waals surface area contributed by atoms with Crippen molar-refractivity contribution in [3.63, 3.8) is 0 Å². The Kier molecular flexibility index (Phi) is 7.92. The fourth-order valence-corrected chi connectivity index (χ4v) is 3.15. The molecule has 1 unspecified atom stereocenters. The molecule has 1 saturated carbocycles. The molecule has 0 heterocycles. The summed E-state index contributed by atoms with van der Waals surface area (Å²) in [5.74, 6) is 1.99. The number of nitrogens with one attached hydrogen (secondary N) is 1. The van der Waals surface area contributed by atoms with Gasteiger partial charge in [0, 0.05) is 6.04 Å². The number of rotatable bonds is 9. The number of hydrogen-bond acceptors (Lipinski definition) is 1. The van der Waals surface area contributed by atoms with E-state index in [0.29, 0.717) is 6.04 Å². The molecule has 1 aliphatic carbocycles. The molecule has 0 bridgehead atoms. The Morgan fingerprint density at radius 3 is 2.35 bits per heavy atom. The zero-order valence-corrected chi connectivity index (χ0v) is 12.3. The molecule has 102 valence electrons. The maximum atomic E-state index is 3.66. The van der Waals surface area contributed by atoms with E-state index in [1.807, 2.05) is 0 Å². The van der Waals surface area contributed by atoms with Crippen molar-refractivity contribution in [2.45, 2.75) is 84.6 Å². The van der Waals surface area contributed by atoms with Crippen molar-refractivity contribution in [3.8, 4) is 0 Å². The molecule has 1 heteroatoms. The van der Waals surface area contributed by atoms with Crippen molar-refractivity contribution in [2.75, 3.05) is 6.54 Å². The second-order valence-corrected chi connectivity index (χ2v) is 6.22. The van der Waals surface area contributed by atoms with E-state index < -0.39 is 0 Å². The zero-order chi connectivity index (χ0) is 12.5. The predicted molar refractivity (Wildman–Crippen MR) is 77.3 cm³/mol. The minimum Gasteiger partial charge on any atom is -0.314 e. The molecule has 1 fully saturated rings. The standard InChI is InChI=1S/C16H33N/c1-4-5-6-7-12-16(13-17-14(2)3)15-10-8-9-11-15/h14-17H,4-13H2,1-3H3. The van der Waals surface area contributed by atoms with E-state index in [0.717, 1.165) is 11.8 Å². The minimum atomic E-state index is 0.648. The summed E-state index contributed by atoms with van der Waals surface area (Å²) >= 11 is 0. The molecule has 0 saturated heterocycles. The lowest BCUT2D eigenvalue weighted by molar-refractivity contribution is 0.289. The summed E-state index contributed by atoms with van der Waals surface area (Å²) in [6.45, 7) is 8.09. The summed E-state index contributed by atoms with van der Waals surface area (Å²) < 4.78 is 0. The molecule has 0 aromatic carbocycles. The van der Waals surface area contributed by atoms with Crippen LogP contribution >= 0.6 is 0 Å². The quantitative estimate of drug-likeness (QED) is 0.572. The fourth-order valence-electron chi connectivity index (χ4n) is 3.15. The Balaban J connectivity index is 2.24. The molecule has 0 spiro atoms. The van der Waals surface area contributed by atoms with Crippen LogP contribution in [0.3, 0.4) is 0 Å². The van der Waals surface area contributed by atoms with Crippen molar-refractivity contribution in [1.29, 1.82) is 0 Å². The van der Waals surface area contributed by atoms with Crippen LogP contribution in [0.4, 0.5) is 0 Å². The van der Waals surface area contributed by atoms with E-state index in [1.54, 1.807) is 0 Å². The third kappa shape index (κ3) is 6.45. The SMILES string of the molecule is CCCCCCC(CNC(C)C)C1CCCC1. The van der Waals surface area contributed by atoms with Crippen LogP contribution in [-0.4, -0.2) is 12.6 Å². The number of unbranched alkanes of at least 4 members (excludes halogenated alkanes) is 3. The summed E-state index contributed by atoms with van der Waals surface area (Å²) in [5, 5.41) is 3.66. The molecule has 0 amide bonds. The third-order valence-corrected chi connectivity index (χ3v) is 4.28. The van der Waals surface area contributed by atoms with Crippen LogP contribution < -0.4 is 5.32 Å². The highest BCUT2D eigenvalue weighted by Crippen LogP contribution is 2.33. The molecule has 1 rings (SSSR count). The van der Waals surface area contributed by atoms with Gasteiger partial charge in [-0.15, -0.1) is 0 Å². The van der Waals surface area contributed by atoms with Crippen LogP contribution in [0.5, 0.6) is 0 Å². The Bertz CT molecular complexity index is 170. The van der Waals surface area contributed by atoms with Gasteiger partial charge in [-0.2, -0.15) is 0 Å².